The second kappa shape index (κ2) is 9.40. The summed E-state index contributed by atoms with van der Waals surface area (Å²) in [5.74, 6) is 0.617. The van der Waals surface area contributed by atoms with Crippen LogP contribution in [0.1, 0.15) is 37.7 Å². The smallest absolute Gasteiger partial charge is 0.239 e. The Morgan fingerprint density at radius 1 is 1.26 bits per heavy atom. The number of benzene rings is 1. The Morgan fingerprint density at radius 3 is 2.74 bits per heavy atom. The Kier molecular flexibility index (Phi) is 7.20. The zero-order valence-electron chi connectivity index (χ0n) is 13.6. The van der Waals surface area contributed by atoms with Crippen molar-refractivity contribution in [1.29, 1.82) is 0 Å². The van der Waals surface area contributed by atoms with E-state index in [1.54, 1.807) is 7.05 Å². The van der Waals surface area contributed by atoms with Crippen LogP contribution in [0.25, 0.3) is 0 Å². The molecule has 0 bridgehead atoms. The molecular formula is C17H25ClN4O. The fourth-order valence-electron chi connectivity index (χ4n) is 2.74. The first kappa shape index (κ1) is 17.6. The van der Waals surface area contributed by atoms with Crippen LogP contribution < -0.4 is 16.0 Å². The molecule has 3 N–H and O–H groups in total. The number of aliphatic imine (C=N–C) groups is 1. The van der Waals surface area contributed by atoms with Crippen molar-refractivity contribution >= 4 is 23.5 Å². The molecule has 0 radical (unpaired) electrons. The first-order valence-corrected chi connectivity index (χ1v) is 8.53. The van der Waals surface area contributed by atoms with Crippen molar-refractivity contribution in [2.24, 2.45) is 4.99 Å². The van der Waals surface area contributed by atoms with Gasteiger partial charge in [0, 0.05) is 24.7 Å². The molecular weight excluding hydrogens is 312 g/mol. The van der Waals surface area contributed by atoms with Gasteiger partial charge in [-0.2, -0.15) is 0 Å². The minimum absolute atomic E-state index is 0.0163. The Bertz CT molecular complexity index is 541. The van der Waals surface area contributed by atoms with Crippen LogP contribution in [0.3, 0.4) is 0 Å². The number of hydrogen-bond donors (Lipinski definition) is 3. The van der Waals surface area contributed by atoms with Crippen LogP contribution >= 0.6 is 11.6 Å². The number of nitrogens with one attached hydrogen (secondary N) is 3. The predicted octanol–water partition coefficient (Wildman–Crippen LogP) is 2.45. The monoisotopic (exact) mass is 336 g/mol. The topological polar surface area (TPSA) is 65.5 Å². The fraction of sp³-hybridized carbons (Fsp3) is 0.529. The highest BCUT2D eigenvalue weighted by molar-refractivity contribution is 6.30. The normalized spacial score (nSPS) is 16.0. The lowest BCUT2D eigenvalue weighted by atomic mass is 9.95. The number of carbonyl (C=O) groups is 1. The van der Waals surface area contributed by atoms with Crippen molar-refractivity contribution in [2.45, 2.75) is 44.7 Å². The first-order chi connectivity index (χ1) is 11.2. The Balaban J connectivity index is 1.70. The molecule has 6 heteroatoms. The Morgan fingerprint density at radius 2 is 2.04 bits per heavy atom. The zero-order chi connectivity index (χ0) is 16.5. The van der Waals surface area contributed by atoms with Crippen molar-refractivity contribution in [2.75, 3.05) is 13.6 Å². The molecule has 1 aromatic carbocycles. The van der Waals surface area contributed by atoms with Gasteiger partial charge in [0.2, 0.25) is 5.91 Å². The van der Waals surface area contributed by atoms with E-state index in [0.717, 1.165) is 18.4 Å². The van der Waals surface area contributed by atoms with Gasteiger partial charge in [0.15, 0.2) is 5.96 Å². The largest absolute Gasteiger partial charge is 0.352 e. The molecule has 1 aliphatic rings. The van der Waals surface area contributed by atoms with E-state index >= 15 is 0 Å². The second-order valence-corrected chi connectivity index (χ2v) is 6.25. The van der Waals surface area contributed by atoms with E-state index in [-0.39, 0.29) is 12.5 Å². The minimum Gasteiger partial charge on any atom is -0.352 e. The zero-order valence-corrected chi connectivity index (χ0v) is 14.3. The van der Waals surface area contributed by atoms with E-state index in [4.69, 9.17) is 11.6 Å². The SMILES string of the molecule is CN=C(NCC(=O)NC1CCCCC1)NCc1cccc(Cl)c1. The third-order valence-corrected chi connectivity index (χ3v) is 4.19. The lowest BCUT2D eigenvalue weighted by Gasteiger charge is -2.23. The molecule has 1 amide bonds. The number of guanidine groups is 1. The lowest BCUT2D eigenvalue weighted by molar-refractivity contribution is -0.120. The highest BCUT2D eigenvalue weighted by atomic mass is 35.5. The van der Waals surface area contributed by atoms with Gasteiger partial charge in [-0.3, -0.25) is 9.79 Å². The summed E-state index contributed by atoms with van der Waals surface area (Å²) in [6.07, 6.45) is 5.88. The van der Waals surface area contributed by atoms with E-state index in [2.05, 4.69) is 20.9 Å². The van der Waals surface area contributed by atoms with Crippen LogP contribution in [0.4, 0.5) is 0 Å². The third kappa shape index (κ3) is 6.48. The van der Waals surface area contributed by atoms with Gasteiger partial charge in [-0.15, -0.1) is 0 Å². The standard InChI is InChI=1S/C17H25ClN4O/c1-19-17(20-11-13-6-5-7-14(18)10-13)21-12-16(23)22-15-8-3-2-4-9-15/h5-7,10,15H,2-4,8-9,11-12H2,1H3,(H,22,23)(H2,19,20,21). The maximum Gasteiger partial charge on any atom is 0.239 e. The fourth-order valence-corrected chi connectivity index (χ4v) is 2.96. The lowest BCUT2D eigenvalue weighted by Crippen LogP contribution is -2.45. The van der Waals surface area contributed by atoms with E-state index in [0.29, 0.717) is 23.6 Å². The number of rotatable bonds is 5. The average Bonchev–Trinajstić information content (AvgIpc) is 2.56. The number of hydrogen-bond acceptors (Lipinski definition) is 2. The molecule has 1 aliphatic carbocycles. The van der Waals surface area contributed by atoms with E-state index in [1.807, 2.05) is 24.3 Å². The predicted molar refractivity (Wildman–Crippen MR) is 94.7 cm³/mol. The quantitative estimate of drug-likeness (QED) is 0.571. The molecule has 1 fully saturated rings. The van der Waals surface area contributed by atoms with Gasteiger partial charge in [0.25, 0.3) is 0 Å². The molecule has 0 heterocycles. The van der Waals surface area contributed by atoms with Crippen molar-refractivity contribution in [3.8, 4) is 0 Å². The van der Waals surface area contributed by atoms with Crippen molar-refractivity contribution < 1.29 is 4.79 Å². The summed E-state index contributed by atoms with van der Waals surface area (Å²) >= 11 is 5.96. The maximum absolute atomic E-state index is 12.0. The van der Waals surface area contributed by atoms with Gasteiger partial charge in [-0.25, -0.2) is 0 Å². The van der Waals surface area contributed by atoms with Crippen LogP contribution in [0, 0.1) is 0 Å². The Hall–Kier alpha value is -1.75. The van der Waals surface area contributed by atoms with Crippen LogP contribution in [-0.4, -0.2) is 31.5 Å². The molecule has 0 atom stereocenters. The van der Waals surface area contributed by atoms with Gasteiger partial charge in [-0.05, 0) is 30.5 Å². The van der Waals surface area contributed by atoms with Gasteiger partial charge in [-0.1, -0.05) is 43.0 Å². The van der Waals surface area contributed by atoms with E-state index < -0.39 is 0 Å². The van der Waals surface area contributed by atoms with Crippen molar-refractivity contribution in [1.82, 2.24) is 16.0 Å². The minimum atomic E-state index is 0.0163. The van der Waals surface area contributed by atoms with Crippen molar-refractivity contribution in [3.05, 3.63) is 34.9 Å². The number of carbonyl (C=O) groups excluding carboxylic acids is 1. The summed E-state index contributed by atoms with van der Waals surface area (Å²) in [6, 6.07) is 7.97. The molecule has 0 spiro atoms. The second-order valence-electron chi connectivity index (χ2n) is 5.81. The molecule has 0 saturated heterocycles. The number of nitrogens with zero attached hydrogens (tertiary/aromatic N) is 1. The average molecular weight is 337 g/mol. The molecule has 0 aliphatic heterocycles. The number of amides is 1. The number of halogens is 1. The van der Waals surface area contributed by atoms with Gasteiger partial charge in [0.05, 0.1) is 6.54 Å². The molecule has 5 nitrogen and oxygen atoms in total. The van der Waals surface area contributed by atoms with E-state index in [9.17, 15) is 4.79 Å². The molecule has 0 unspecified atom stereocenters. The summed E-state index contributed by atoms with van der Waals surface area (Å²) < 4.78 is 0. The molecule has 1 aromatic rings. The van der Waals surface area contributed by atoms with Crippen LogP contribution in [0.5, 0.6) is 0 Å². The highest BCUT2D eigenvalue weighted by Gasteiger charge is 2.15. The molecule has 23 heavy (non-hydrogen) atoms. The summed E-state index contributed by atoms with van der Waals surface area (Å²) in [4.78, 5) is 16.1. The van der Waals surface area contributed by atoms with Crippen LogP contribution in [-0.2, 0) is 11.3 Å². The maximum atomic E-state index is 12.0. The van der Waals surface area contributed by atoms with E-state index in [1.165, 1.54) is 19.3 Å². The molecule has 1 saturated carbocycles. The van der Waals surface area contributed by atoms with Gasteiger partial charge >= 0.3 is 0 Å². The summed E-state index contributed by atoms with van der Waals surface area (Å²) in [5, 5.41) is 10.00. The molecule has 126 valence electrons. The summed E-state index contributed by atoms with van der Waals surface area (Å²) in [6.45, 7) is 0.830. The van der Waals surface area contributed by atoms with Crippen LogP contribution in [0.15, 0.2) is 29.3 Å². The molecule has 0 aromatic heterocycles. The summed E-state index contributed by atoms with van der Waals surface area (Å²) in [7, 11) is 1.69. The van der Waals surface area contributed by atoms with Gasteiger partial charge < -0.3 is 16.0 Å². The van der Waals surface area contributed by atoms with Gasteiger partial charge in [0.1, 0.15) is 0 Å². The highest BCUT2D eigenvalue weighted by Crippen LogP contribution is 2.17. The first-order valence-electron chi connectivity index (χ1n) is 8.15. The van der Waals surface area contributed by atoms with Crippen molar-refractivity contribution in [3.63, 3.8) is 0 Å². The molecule has 2 rings (SSSR count). The van der Waals surface area contributed by atoms with Crippen LogP contribution in [0.2, 0.25) is 5.02 Å². The third-order valence-electron chi connectivity index (χ3n) is 3.96. The Labute approximate surface area is 142 Å². The summed E-state index contributed by atoms with van der Waals surface area (Å²) in [5.41, 5.74) is 1.06.